The SMILES string of the molecule is COc1ccc2ccc3c(c2c1)C(CN)CCC3OC. The Labute approximate surface area is 119 Å². The molecule has 2 atom stereocenters. The highest BCUT2D eigenvalue weighted by Crippen LogP contribution is 2.42. The fourth-order valence-corrected chi connectivity index (χ4v) is 3.34. The molecule has 0 aromatic heterocycles. The Kier molecular flexibility index (Phi) is 3.64. The van der Waals surface area contributed by atoms with Crippen LogP contribution in [0.5, 0.6) is 5.75 Å². The lowest BCUT2D eigenvalue weighted by atomic mass is 9.78. The quantitative estimate of drug-likeness (QED) is 0.930. The highest BCUT2D eigenvalue weighted by molar-refractivity contribution is 5.89. The van der Waals surface area contributed by atoms with Crippen LogP contribution in [0.3, 0.4) is 0 Å². The van der Waals surface area contributed by atoms with Gasteiger partial charge >= 0.3 is 0 Å². The standard InChI is InChI=1S/C17H21NO2/c1-19-13-6-3-11-4-7-14-16(20-2)8-5-12(10-18)17(14)15(11)9-13/h3-4,6-7,9,12,16H,5,8,10,18H2,1-2H3. The van der Waals surface area contributed by atoms with Crippen molar-refractivity contribution >= 4 is 10.8 Å². The average molecular weight is 271 g/mol. The lowest BCUT2D eigenvalue weighted by molar-refractivity contribution is 0.0849. The van der Waals surface area contributed by atoms with E-state index in [-0.39, 0.29) is 6.10 Å². The highest BCUT2D eigenvalue weighted by Gasteiger charge is 2.28. The third kappa shape index (κ3) is 2.07. The van der Waals surface area contributed by atoms with Crippen molar-refractivity contribution in [2.24, 2.45) is 5.73 Å². The summed E-state index contributed by atoms with van der Waals surface area (Å²) in [6, 6.07) is 10.6. The van der Waals surface area contributed by atoms with Crippen molar-refractivity contribution in [2.75, 3.05) is 20.8 Å². The van der Waals surface area contributed by atoms with Crippen molar-refractivity contribution in [3.05, 3.63) is 41.5 Å². The number of methoxy groups -OCH3 is 2. The van der Waals surface area contributed by atoms with E-state index in [9.17, 15) is 0 Å². The average Bonchev–Trinajstić information content (AvgIpc) is 2.52. The minimum absolute atomic E-state index is 0.184. The first-order valence-electron chi connectivity index (χ1n) is 7.12. The first-order valence-corrected chi connectivity index (χ1v) is 7.12. The van der Waals surface area contributed by atoms with Crippen LogP contribution in [-0.2, 0) is 4.74 Å². The molecular weight excluding hydrogens is 250 g/mol. The summed E-state index contributed by atoms with van der Waals surface area (Å²) in [5.41, 5.74) is 8.63. The maximum Gasteiger partial charge on any atom is 0.119 e. The molecule has 2 N–H and O–H groups in total. The Morgan fingerprint density at radius 2 is 1.95 bits per heavy atom. The Morgan fingerprint density at radius 1 is 1.15 bits per heavy atom. The first-order chi connectivity index (χ1) is 9.78. The predicted octanol–water partition coefficient (Wildman–Crippen LogP) is 3.37. The van der Waals surface area contributed by atoms with Crippen LogP contribution in [0, 0.1) is 0 Å². The maximum atomic E-state index is 5.99. The molecule has 0 aliphatic heterocycles. The van der Waals surface area contributed by atoms with Gasteiger partial charge in [0, 0.05) is 7.11 Å². The number of rotatable bonds is 3. The molecule has 106 valence electrons. The van der Waals surface area contributed by atoms with E-state index >= 15 is 0 Å². The molecule has 3 nitrogen and oxygen atoms in total. The van der Waals surface area contributed by atoms with Crippen molar-refractivity contribution in [3.8, 4) is 5.75 Å². The van der Waals surface area contributed by atoms with Gasteiger partial charge in [0.2, 0.25) is 0 Å². The lowest BCUT2D eigenvalue weighted by Gasteiger charge is -2.31. The van der Waals surface area contributed by atoms with E-state index in [1.165, 1.54) is 21.9 Å². The van der Waals surface area contributed by atoms with Crippen molar-refractivity contribution in [2.45, 2.75) is 24.9 Å². The van der Waals surface area contributed by atoms with Gasteiger partial charge in [-0.2, -0.15) is 0 Å². The summed E-state index contributed by atoms with van der Waals surface area (Å²) in [7, 11) is 3.49. The molecule has 0 radical (unpaired) electrons. The molecule has 1 aliphatic carbocycles. The molecule has 0 saturated heterocycles. The zero-order valence-corrected chi connectivity index (χ0v) is 12.1. The van der Waals surface area contributed by atoms with Gasteiger partial charge in [0.1, 0.15) is 5.75 Å². The number of ether oxygens (including phenoxy) is 2. The number of fused-ring (bicyclic) bond motifs is 3. The Bertz CT molecular complexity index is 624. The Hall–Kier alpha value is -1.58. The zero-order valence-electron chi connectivity index (χ0n) is 12.1. The summed E-state index contributed by atoms with van der Waals surface area (Å²) >= 11 is 0. The fraction of sp³-hybridized carbons (Fsp3) is 0.412. The monoisotopic (exact) mass is 271 g/mol. The highest BCUT2D eigenvalue weighted by atomic mass is 16.5. The normalized spacial score (nSPS) is 21.8. The van der Waals surface area contributed by atoms with E-state index in [2.05, 4.69) is 24.3 Å². The summed E-state index contributed by atoms with van der Waals surface area (Å²) < 4.78 is 11.0. The van der Waals surface area contributed by atoms with Gasteiger partial charge in [0.25, 0.3) is 0 Å². The lowest BCUT2D eigenvalue weighted by Crippen LogP contribution is -2.22. The second-order valence-electron chi connectivity index (χ2n) is 5.39. The molecular formula is C17H21NO2. The summed E-state index contributed by atoms with van der Waals surface area (Å²) in [6.07, 6.45) is 2.31. The fourth-order valence-electron chi connectivity index (χ4n) is 3.34. The smallest absolute Gasteiger partial charge is 0.119 e. The van der Waals surface area contributed by atoms with Crippen molar-refractivity contribution < 1.29 is 9.47 Å². The molecule has 0 fully saturated rings. The summed E-state index contributed by atoms with van der Waals surface area (Å²) in [6.45, 7) is 0.680. The molecule has 3 heteroatoms. The van der Waals surface area contributed by atoms with Gasteiger partial charge in [-0.15, -0.1) is 0 Å². The van der Waals surface area contributed by atoms with Gasteiger partial charge in [0.05, 0.1) is 13.2 Å². The molecule has 0 heterocycles. The molecule has 0 saturated carbocycles. The molecule has 0 spiro atoms. The molecule has 20 heavy (non-hydrogen) atoms. The van der Waals surface area contributed by atoms with Crippen LogP contribution in [0.2, 0.25) is 0 Å². The first kappa shape index (κ1) is 13.4. The zero-order chi connectivity index (χ0) is 14.1. The van der Waals surface area contributed by atoms with Crippen LogP contribution in [0.15, 0.2) is 30.3 Å². The van der Waals surface area contributed by atoms with E-state index in [4.69, 9.17) is 15.2 Å². The van der Waals surface area contributed by atoms with Crippen LogP contribution < -0.4 is 10.5 Å². The number of hydrogen-bond acceptors (Lipinski definition) is 3. The minimum Gasteiger partial charge on any atom is -0.497 e. The third-order valence-corrected chi connectivity index (χ3v) is 4.41. The molecule has 2 aromatic carbocycles. The predicted molar refractivity (Wildman–Crippen MR) is 81.3 cm³/mol. The second-order valence-corrected chi connectivity index (χ2v) is 5.39. The van der Waals surface area contributed by atoms with Crippen molar-refractivity contribution in [1.29, 1.82) is 0 Å². The van der Waals surface area contributed by atoms with E-state index in [1.807, 2.05) is 6.07 Å². The van der Waals surface area contributed by atoms with Gasteiger partial charge in [-0.3, -0.25) is 0 Å². The van der Waals surface area contributed by atoms with Crippen LogP contribution in [0.25, 0.3) is 10.8 Å². The van der Waals surface area contributed by atoms with Crippen LogP contribution in [0.1, 0.15) is 36.0 Å². The van der Waals surface area contributed by atoms with Gasteiger partial charge in [-0.05, 0) is 59.3 Å². The Balaban J connectivity index is 2.27. The number of hydrogen-bond donors (Lipinski definition) is 1. The second kappa shape index (κ2) is 5.43. The molecule has 0 bridgehead atoms. The van der Waals surface area contributed by atoms with Crippen molar-refractivity contribution in [1.82, 2.24) is 0 Å². The van der Waals surface area contributed by atoms with Crippen LogP contribution in [-0.4, -0.2) is 20.8 Å². The van der Waals surface area contributed by atoms with Crippen LogP contribution >= 0.6 is 0 Å². The molecule has 2 aromatic rings. The summed E-state index contributed by atoms with van der Waals surface area (Å²) in [4.78, 5) is 0. The minimum atomic E-state index is 0.184. The van der Waals surface area contributed by atoms with Gasteiger partial charge in [0.15, 0.2) is 0 Å². The topological polar surface area (TPSA) is 44.5 Å². The van der Waals surface area contributed by atoms with Gasteiger partial charge < -0.3 is 15.2 Å². The summed E-state index contributed by atoms with van der Waals surface area (Å²) in [5, 5.41) is 2.49. The Morgan fingerprint density at radius 3 is 2.65 bits per heavy atom. The van der Waals surface area contributed by atoms with Crippen LogP contribution in [0.4, 0.5) is 0 Å². The van der Waals surface area contributed by atoms with Gasteiger partial charge in [-0.1, -0.05) is 18.2 Å². The van der Waals surface area contributed by atoms with E-state index in [0.717, 1.165) is 18.6 Å². The van der Waals surface area contributed by atoms with E-state index in [0.29, 0.717) is 12.5 Å². The largest absolute Gasteiger partial charge is 0.497 e. The van der Waals surface area contributed by atoms with Crippen molar-refractivity contribution in [3.63, 3.8) is 0 Å². The van der Waals surface area contributed by atoms with Gasteiger partial charge in [-0.25, -0.2) is 0 Å². The molecule has 2 unspecified atom stereocenters. The summed E-state index contributed by atoms with van der Waals surface area (Å²) in [5.74, 6) is 1.30. The molecule has 0 amide bonds. The number of benzene rings is 2. The third-order valence-electron chi connectivity index (χ3n) is 4.41. The van der Waals surface area contributed by atoms with E-state index in [1.54, 1.807) is 14.2 Å². The maximum absolute atomic E-state index is 5.99. The van der Waals surface area contributed by atoms with E-state index < -0.39 is 0 Å². The molecule has 1 aliphatic rings. The molecule has 3 rings (SSSR count). The number of nitrogens with two attached hydrogens (primary N) is 1.